The van der Waals surface area contributed by atoms with Crippen LogP contribution in [0.1, 0.15) is 54.9 Å². The van der Waals surface area contributed by atoms with E-state index in [-0.39, 0.29) is 5.92 Å². The lowest BCUT2D eigenvalue weighted by molar-refractivity contribution is -0.671. The summed E-state index contributed by atoms with van der Waals surface area (Å²) in [4.78, 5) is 11.3. The molecule has 0 aliphatic rings. The zero-order valence-corrected chi connectivity index (χ0v) is 11.4. The van der Waals surface area contributed by atoms with Gasteiger partial charge in [-0.25, -0.2) is 9.36 Å². The number of rotatable bonds is 6. The second kappa shape index (κ2) is 6.94. The van der Waals surface area contributed by atoms with Gasteiger partial charge in [-0.3, -0.25) is 0 Å². The Balaban J connectivity index is 3.04. The maximum atomic E-state index is 11.3. The molecule has 0 saturated carbocycles. The number of aryl methyl sites for hydroxylation is 1. The molecule has 1 heterocycles. The summed E-state index contributed by atoms with van der Waals surface area (Å²) in [7, 11) is 1.84. The summed E-state index contributed by atoms with van der Waals surface area (Å²) in [5, 5.41) is 9.27. The molecule has 0 spiro atoms. The first kappa shape index (κ1) is 14.4. The Bertz CT molecular complexity index is 438. The van der Waals surface area contributed by atoms with Gasteiger partial charge in [0.2, 0.25) is 0 Å². The lowest BCUT2D eigenvalue weighted by atomic mass is 9.90. The van der Waals surface area contributed by atoms with Crippen LogP contribution in [0.3, 0.4) is 0 Å². The van der Waals surface area contributed by atoms with Crippen LogP contribution in [0.4, 0.5) is 0 Å². The number of carboxylic acids is 1. The predicted molar refractivity (Wildman–Crippen MR) is 71.7 cm³/mol. The Morgan fingerprint density at radius 2 is 2.17 bits per heavy atom. The zero-order chi connectivity index (χ0) is 13.5. The molecule has 98 valence electrons. The molecule has 0 amide bonds. The summed E-state index contributed by atoms with van der Waals surface area (Å²) < 4.78 is 1.78. The number of aromatic nitrogens is 1. The maximum absolute atomic E-state index is 11.3. The van der Waals surface area contributed by atoms with E-state index < -0.39 is 5.97 Å². The van der Waals surface area contributed by atoms with Gasteiger partial charge in [-0.1, -0.05) is 26.0 Å². The van der Waals surface area contributed by atoms with Crippen LogP contribution in [-0.2, 0) is 7.05 Å². The summed E-state index contributed by atoms with van der Waals surface area (Å²) in [5.41, 5.74) is 1.35. The minimum absolute atomic E-state index is 0.278. The fourth-order valence-corrected chi connectivity index (χ4v) is 2.08. The second-order valence-electron chi connectivity index (χ2n) is 4.51. The van der Waals surface area contributed by atoms with Crippen molar-refractivity contribution >= 4 is 5.97 Å². The van der Waals surface area contributed by atoms with Gasteiger partial charge in [0, 0.05) is 6.07 Å². The average molecular weight is 248 g/mol. The number of carboxylic acid groups (broad SMARTS) is 1. The molecule has 18 heavy (non-hydrogen) atoms. The van der Waals surface area contributed by atoms with Crippen LogP contribution in [0.25, 0.3) is 0 Å². The number of allylic oxidation sites excluding steroid dienone is 2. The SMILES string of the molecule is CC/C=C/CC(CC)c1cc[n+](C)cc1C(=O)O. The average Bonchev–Trinajstić information content (AvgIpc) is 2.35. The van der Waals surface area contributed by atoms with Crippen molar-refractivity contribution in [2.45, 2.75) is 39.0 Å². The molecule has 1 atom stereocenters. The van der Waals surface area contributed by atoms with E-state index in [9.17, 15) is 9.90 Å². The van der Waals surface area contributed by atoms with Gasteiger partial charge in [0.05, 0.1) is 0 Å². The van der Waals surface area contributed by atoms with Crippen molar-refractivity contribution in [1.29, 1.82) is 0 Å². The van der Waals surface area contributed by atoms with Crippen LogP contribution >= 0.6 is 0 Å². The molecule has 1 N–H and O–H groups in total. The molecule has 0 saturated heterocycles. The molecular formula is C15H22NO2+. The minimum atomic E-state index is -0.848. The van der Waals surface area contributed by atoms with Crippen molar-refractivity contribution in [1.82, 2.24) is 0 Å². The molecule has 0 radical (unpaired) electrons. The molecule has 1 unspecified atom stereocenters. The highest BCUT2D eigenvalue weighted by Crippen LogP contribution is 2.26. The van der Waals surface area contributed by atoms with Crippen molar-refractivity contribution in [3.63, 3.8) is 0 Å². The summed E-state index contributed by atoms with van der Waals surface area (Å²) in [5.74, 6) is -0.570. The third-order valence-corrected chi connectivity index (χ3v) is 3.12. The first-order valence-electron chi connectivity index (χ1n) is 6.47. The lowest BCUT2D eigenvalue weighted by Gasteiger charge is -2.14. The molecule has 0 aromatic carbocycles. The standard InChI is InChI=1S/C15H21NO2/c1-4-6-7-8-12(5-2)13-9-10-16(3)11-14(13)15(17)18/h6-7,9-12H,4-5,8H2,1-3H3/p+1/b7-6+. The van der Waals surface area contributed by atoms with Crippen LogP contribution in [0, 0.1) is 0 Å². The highest BCUT2D eigenvalue weighted by Gasteiger charge is 2.19. The highest BCUT2D eigenvalue weighted by molar-refractivity contribution is 5.88. The molecule has 1 aromatic heterocycles. The van der Waals surface area contributed by atoms with Crippen molar-refractivity contribution in [2.24, 2.45) is 7.05 Å². The van der Waals surface area contributed by atoms with E-state index >= 15 is 0 Å². The van der Waals surface area contributed by atoms with Gasteiger partial charge in [0.15, 0.2) is 12.4 Å². The zero-order valence-electron chi connectivity index (χ0n) is 11.4. The van der Waals surface area contributed by atoms with Crippen LogP contribution in [0.2, 0.25) is 0 Å². The summed E-state index contributed by atoms with van der Waals surface area (Å²) >= 11 is 0. The summed E-state index contributed by atoms with van der Waals surface area (Å²) in [6.07, 6.45) is 10.7. The summed E-state index contributed by atoms with van der Waals surface area (Å²) in [6, 6.07) is 1.93. The largest absolute Gasteiger partial charge is 0.477 e. The van der Waals surface area contributed by atoms with E-state index in [1.165, 1.54) is 0 Å². The Morgan fingerprint density at radius 1 is 1.44 bits per heavy atom. The Hall–Kier alpha value is -1.64. The number of aromatic carboxylic acids is 1. The first-order valence-corrected chi connectivity index (χ1v) is 6.47. The molecule has 1 rings (SSSR count). The molecule has 0 fully saturated rings. The Labute approximate surface area is 109 Å². The number of hydrogen-bond donors (Lipinski definition) is 1. The van der Waals surface area contributed by atoms with Gasteiger partial charge < -0.3 is 5.11 Å². The molecule has 3 heteroatoms. The monoisotopic (exact) mass is 248 g/mol. The maximum Gasteiger partial charge on any atom is 0.342 e. The van der Waals surface area contributed by atoms with Crippen molar-refractivity contribution in [3.05, 3.63) is 41.7 Å². The molecule has 1 aromatic rings. The quantitative estimate of drug-likeness (QED) is 0.621. The Morgan fingerprint density at radius 3 is 2.72 bits per heavy atom. The molecule has 3 nitrogen and oxygen atoms in total. The number of hydrogen-bond acceptors (Lipinski definition) is 1. The summed E-state index contributed by atoms with van der Waals surface area (Å²) in [6.45, 7) is 4.20. The van der Waals surface area contributed by atoms with Gasteiger partial charge in [0.1, 0.15) is 12.6 Å². The number of pyridine rings is 1. The molecule has 0 aliphatic carbocycles. The van der Waals surface area contributed by atoms with Crippen molar-refractivity contribution < 1.29 is 14.5 Å². The van der Waals surface area contributed by atoms with Crippen LogP contribution < -0.4 is 4.57 Å². The lowest BCUT2D eigenvalue weighted by Crippen LogP contribution is -2.29. The van der Waals surface area contributed by atoms with E-state index in [0.29, 0.717) is 5.56 Å². The van der Waals surface area contributed by atoms with Crippen LogP contribution in [0.5, 0.6) is 0 Å². The van der Waals surface area contributed by atoms with Crippen LogP contribution in [0.15, 0.2) is 30.6 Å². The van der Waals surface area contributed by atoms with Crippen molar-refractivity contribution in [3.8, 4) is 0 Å². The highest BCUT2D eigenvalue weighted by atomic mass is 16.4. The predicted octanol–water partition coefficient (Wildman–Crippen LogP) is 3.06. The van der Waals surface area contributed by atoms with Gasteiger partial charge in [-0.05, 0) is 30.7 Å². The normalized spacial score (nSPS) is 12.8. The van der Waals surface area contributed by atoms with Crippen molar-refractivity contribution in [2.75, 3.05) is 0 Å². The number of carbonyl (C=O) groups is 1. The van der Waals surface area contributed by atoms with E-state index in [4.69, 9.17) is 0 Å². The third-order valence-electron chi connectivity index (χ3n) is 3.12. The smallest absolute Gasteiger partial charge is 0.342 e. The molecule has 0 bridgehead atoms. The topological polar surface area (TPSA) is 41.2 Å². The molecule has 0 aliphatic heterocycles. The first-order chi connectivity index (χ1) is 8.60. The van der Waals surface area contributed by atoms with E-state index in [0.717, 1.165) is 24.8 Å². The second-order valence-corrected chi connectivity index (χ2v) is 4.51. The van der Waals surface area contributed by atoms with Gasteiger partial charge in [-0.15, -0.1) is 0 Å². The van der Waals surface area contributed by atoms with E-state index in [1.54, 1.807) is 10.8 Å². The minimum Gasteiger partial charge on any atom is -0.477 e. The molecular weight excluding hydrogens is 226 g/mol. The van der Waals surface area contributed by atoms with E-state index in [1.807, 2.05) is 19.3 Å². The van der Waals surface area contributed by atoms with Gasteiger partial charge in [0.25, 0.3) is 0 Å². The van der Waals surface area contributed by atoms with Crippen LogP contribution in [-0.4, -0.2) is 11.1 Å². The fraction of sp³-hybridized carbons (Fsp3) is 0.467. The third kappa shape index (κ3) is 3.69. The number of nitrogens with zero attached hydrogens (tertiary/aromatic N) is 1. The van der Waals surface area contributed by atoms with Gasteiger partial charge >= 0.3 is 5.97 Å². The Kier molecular flexibility index (Phi) is 5.56. The van der Waals surface area contributed by atoms with E-state index in [2.05, 4.69) is 26.0 Å². The fourth-order valence-electron chi connectivity index (χ4n) is 2.08. The van der Waals surface area contributed by atoms with Gasteiger partial charge in [-0.2, -0.15) is 0 Å².